The molecule has 5 rings (SSSR count). The van der Waals surface area contributed by atoms with E-state index >= 15 is 0 Å². The Kier molecular flexibility index (Phi) is 6.81. The number of nitrogens with zero attached hydrogens (tertiary/aromatic N) is 4. The number of carbonyl (C=O) groups is 2. The van der Waals surface area contributed by atoms with Crippen LogP contribution in [-0.2, 0) is 22.7 Å². The molecule has 3 aliphatic heterocycles. The van der Waals surface area contributed by atoms with Crippen LogP contribution >= 0.6 is 0 Å². The van der Waals surface area contributed by atoms with Gasteiger partial charge in [-0.05, 0) is 37.4 Å². The van der Waals surface area contributed by atoms with Crippen LogP contribution in [0.2, 0.25) is 0 Å². The number of carbonyl (C=O) groups excluding carboxylic acids is 2. The number of ether oxygens (including phenoxy) is 1. The molecule has 4 atom stereocenters. The molecule has 4 heterocycles. The first-order valence-electron chi connectivity index (χ1n) is 10.9. The number of fused-ring (bicyclic) bond motifs is 3. The van der Waals surface area contributed by atoms with E-state index in [0.717, 1.165) is 43.9 Å². The van der Waals surface area contributed by atoms with E-state index in [1.54, 1.807) is 0 Å². The summed E-state index contributed by atoms with van der Waals surface area (Å²) in [5.41, 5.74) is 0.802. The van der Waals surface area contributed by atoms with Gasteiger partial charge in [0.2, 0.25) is 11.8 Å². The highest BCUT2D eigenvalue weighted by Crippen LogP contribution is 2.36. The lowest BCUT2D eigenvalue weighted by atomic mass is 9.75. The average Bonchev–Trinajstić information content (AvgIpc) is 3.23. The minimum absolute atomic E-state index is 0.0212. The van der Waals surface area contributed by atoms with E-state index in [9.17, 15) is 9.59 Å². The Morgan fingerprint density at radius 1 is 1.19 bits per heavy atom. The van der Waals surface area contributed by atoms with Gasteiger partial charge in [0.15, 0.2) is 0 Å². The first-order valence-corrected chi connectivity index (χ1v) is 10.9. The molecule has 166 valence electrons. The number of para-hydroxylation sites is 1. The van der Waals surface area contributed by atoms with Gasteiger partial charge in [-0.25, -0.2) is 0 Å². The number of benzene rings is 1. The molecule has 3 saturated heterocycles. The summed E-state index contributed by atoms with van der Waals surface area (Å²) in [5.74, 6) is 1.24. The Hall–Kier alpha value is -2.94. The summed E-state index contributed by atoms with van der Waals surface area (Å²) in [6.07, 6.45) is 3.98. The van der Waals surface area contributed by atoms with Gasteiger partial charge < -0.3 is 15.4 Å². The fourth-order valence-electron chi connectivity index (χ4n) is 4.56. The fourth-order valence-corrected chi connectivity index (χ4v) is 4.56. The maximum atomic E-state index is 12.6. The number of aromatic nitrogens is 3. The summed E-state index contributed by atoms with van der Waals surface area (Å²) in [7, 11) is 0. The Morgan fingerprint density at radius 2 is 2.00 bits per heavy atom. The SMILES string of the molecule is CC(=O)NCCNC(=O)[C@@H]1CN2CC[C@H]1C[C@@H]2Cn1cc(COc2ccccc2)nn1. The maximum Gasteiger partial charge on any atom is 0.224 e. The van der Waals surface area contributed by atoms with Gasteiger partial charge in [-0.1, -0.05) is 23.4 Å². The van der Waals surface area contributed by atoms with Crippen molar-refractivity contribution in [2.45, 2.75) is 39.0 Å². The molecule has 0 aliphatic carbocycles. The molecule has 2 amide bonds. The number of hydrogen-bond acceptors (Lipinski definition) is 6. The highest BCUT2D eigenvalue weighted by molar-refractivity contribution is 5.79. The Bertz CT molecular complexity index is 886. The van der Waals surface area contributed by atoms with Crippen LogP contribution in [0.4, 0.5) is 0 Å². The normalized spacial score (nSPS) is 24.5. The van der Waals surface area contributed by atoms with Crippen molar-refractivity contribution in [3.05, 3.63) is 42.2 Å². The summed E-state index contributed by atoms with van der Waals surface area (Å²) < 4.78 is 7.63. The van der Waals surface area contributed by atoms with E-state index in [0.29, 0.717) is 31.7 Å². The number of amides is 2. The van der Waals surface area contributed by atoms with Crippen molar-refractivity contribution in [3.63, 3.8) is 0 Å². The average molecular weight is 427 g/mol. The van der Waals surface area contributed by atoms with Crippen LogP contribution < -0.4 is 15.4 Å². The summed E-state index contributed by atoms with van der Waals surface area (Å²) in [6.45, 7) is 5.37. The molecule has 3 fully saturated rings. The van der Waals surface area contributed by atoms with Gasteiger partial charge in [0.25, 0.3) is 0 Å². The number of rotatable bonds is 9. The second kappa shape index (κ2) is 9.91. The molecule has 2 bridgehead atoms. The predicted octanol–water partition coefficient (Wildman–Crippen LogP) is 0.820. The zero-order valence-electron chi connectivity index (χ0n) is 17.9. The topological polar surface area (TPSA) is 101 Å². The molecular formula is C22H30N6O3. The van der Waals surface area contributed by atoms with Crippen LogP contribution in [0.5, 0.6) is 5.75 Å². The molecule has 2 aromatic rings. The zero-order chi connectivity index (χ0) is 21.6. The van der Waals surface area contributed by atoms with Gasteiger partial charge in [0.05, 0.1) is 18.7 Å². The smallest absolute Gasteiger partial charge is 0.224 e. The van der Waals surface area contributed by atoms with Gasteiger partial charge >= 0.3 is 0 Å². The van der Waals surface area contributed by atoms with Crippen molar-refractivity contribution in [1.82, 2.24) is 30.5 Å². The standard InChI is InChI=1S/C22H30N6O3/c1-16(29)23-8-9-24-22(30)21-14-27-10-7-17(21)11-19(27)13-28-12-18(25-26-28)15-31-20-5-3-2-4-6-20/h2-6,12,17,19,21H,7-11,13-15H2,1H3,(H,23,29)(H,24,30)/t17-,19+,21+/m0/s1. The Labute approximate surface area is 182 Å². The highest BCUT2D eigenvalue weighted by atomic mass is 16.5. The van der Waals surface area contributed by atoms with E-state index in [-0.39, 0.29) is 17.7 Å². The summed E-state index contributed by atoms with van der Waals surface area (Å²) in [5, 5.41) is 14.2. The van der Waals surface area contributed by atoms with Crippen LogP contribution in [-0.4, -0.2) is 63.9 Å². The molecule has 0 saturated carbocycles. The molecule has 3 aliphatic rings. The Balaban J connectivity index is 1.25. The van der Waals surface area contributed by atoms with E-state index in [4.69, 9.17) is 4.74 Å². The molecular weight excluding hydrogens is 396 g/mol. The van der Waals surface area contributed by atoms with Crippen LogP contribution in [0.25, 0.3) is 0 Å². The lowest BCUT2D eigenvalue weighted by Gasteiger charge is -2.49. The molecule has 9 heteroatoms. The second-order valence-electron chi connectivity index (χ2n) is 8.35. The molecule has 2 N–H and O–H groups in total. The first kappa shape index (κ1) is 21.3. The molecule has 9 nitrogen and oxygen atoms in total. The van der Waals surface area contributed by atoms with Crippen LogP contribution in [0, 0.1) is 11.8 Å². The number of nitrogens with one attached hydrogen (secondary N) is 2. The lowest BCUT2D eigenvalue weighted by Crippen LogP contribution is -2.58. The first-order chi connectivity index (χ1) is 15.1. The number of piperidine rings is 3. The van der Waals surface area contributed by atoms with E-state index in [1.807, 2.05) is 41.2 Å². The second-order valence-corrected chi connectivity index (χ2v) is 8.35. The molecule has 1 unspecified atom stereocenters. The lowest BCUT2D eigenvalue weighted by molar-refractivity contribution is -0.133. The van der Waals surface area contributed by atoms with Gasteiger partial charge in [-0.15, -0.1) is 5.10 Å². The van der Waals surface area contributed by atoms with E-state index in [2.05, 4.69) is 25.8 Å². The summed E-state index contributed by atoms with van der Waals surface area (Å²) >= 11 is 0. The minimum atomic E-state index is -0.0807. The van der Waals surface area contributed by atoms with Crippen LogP contribution in [0.3, 0.4) is 0 Å². The third-order valence-electron chi connectivity index (χ3n) is 6.13. The summed E-state index contributed by atoms with van der Waals surface area (Å²) in [4.78, 5) is 25.9. The van der Waals surface area contributed by atoms with E-state index in [1.165, 1.54) is 6.92 Å². The Morgan fingerprint density at radius 3 is 2.74 bits per heavy atom. The fraction of sp³-hybridized carbons (Fsp3) is 0.545. The third-order valence-corrected chi connectivity index (χ3v) is 6.13. The predicted molar refractivity (Wildman–Crippen MR) is 114 cm³/mol. The monoisotopic (exact) mass is 426 g/mol. The molecule has 0 spiro atoms. The van der Waals surface area contributed by atoms with Crippen molar-refractivity contribution < 1.29 is 14.3 Å². The third kappa shape index (κ3) is 5.61. The zero-order valence-corrected chi connectivity index (χ0v) is 17.9. The van der Waals surface area contributed by atoms with Gasteiger partial charge in [-0.2, -0.15) is 0 Å². The molecule has 0 radical (unpaired) electrons. The van der Waals surface area contributed by atoms with Gasteiger partial charge in [-0.3, -0.25) is 19.2 Å². The highest BCUT2D eigenvalue weighted by Gasteiger charge is 2.43. The largest absolute Gasteiger partial charge is 0.487 e. The quantitative estimate of drug-likeness (QED) is 0.576. The van der Waals surface area contributed by atoms with Gasteiger partial charge in [0.1, 0.15) is 18.1 Å². The number of hydrogen-bond donors (Lipinski definition) is 2. The molecule has 1 aromatic carbocycles. The molecule has 31 heavy (non-hydrogen) atoms. The minimum Gasteiger partial charge on any atom is -0.487 e. The van der Waals surface area contributed by atoms with Crippen LogP contribution in [0.15, 0.2) is 36.5 Å². The maximum absolute atomic E-state index is 12.6. The van der Waals surface area contributed by atoms with E-state index < -0.39 is 0 Å². The van der Waals surface area contributed by atoms with Crippen molar-refractivity contribution >= 4 is 11.8 Å². The molecule has 1 aromatic heterocycles. The van der Waals surface area contributed by atoms with Crippen LogP contribution in [0.1, 0.15) is 25.5 Å². The van der Waals surface area contributed by atoms with Crippen molar-refractivity contribution in [2.75, 3.05) is 26.2 Å². The van der Waals surface area contributed by atoms with Crippen molar-refractivity contribution in [2.24, 2.45) is 11.8 Å². The summed E-state index contributed by atoms with van der Waals surface area (Å²) in [6, 6.07) is 10.0. The van der Waals surface area contributed by atoms with Crippen molar-refractivity contribution in [1.29, 1.82) is 0 Å². The van der Waals surface area contributed by atoms with Crippen molar-refractivity contribution in [3.8, 4) is 5.75 Å². The van der Waals surface area contributed by atoms with Gasteiger partial charge in [0, 0.05) is 32.6 Å².